The molecule has 0 radical (unpaired) electrons. The number of hydrogen-bond donors (Lipinski definition) is 2. The molecule has 2 aliphatic carbocycles. The van der Waals surface area contributed by atoms with E-state index >= 15 is 0 Å². The van der Waals surface area contributed by atoms with Crippen molar-refractivity contribution in [1.29, 1.82) is 0 Å². The van der Waals surface area contributed by atoms with Crippen molar-refractivity contribution >= 4 is 5.78 Å². The van der Waals surface area contributed by atoms with Crippen LogP contribution in [-0.4, -0.2) is 22.1 Å². The van der Waals surface area contributed by atoms with Gasteiger partial charge < -0.3 is 10.2 Å². The molecule has 0 heterocycles. The number of fused-ring (bicyclic) bond motifs is 1. The van der Waals surface area contributed by atoms with E-state index in [-0.39, 0.29) is 22.9 Å². The van der Waals surface area contributed by atoms with E-state index in [9.17, 15) is 15.0 Å². The summed E-state index contributed by atoms with van der Waals surface area (Å²) < 4.78 is 0. The summed E-state index contributed by atoms with van der Waals surface area (Å²) in [7, 11) is 0. The molecular weight excluding hydrogens is 216 g/mol. The summed E-state index contributed by atoms with van der Waals surface area (Å²) in [6.45, 7) is 5.47. The van der Waals surface area contributed by atoms with Crippen LogP contribution in [0, 0.1) is 11.3 Å². The average Bonchev–Trinajstić information content (AvgIpc) is 2.26. The quantitative estimate of drug-likeness (QED) is 0.732. The van der Waals surface area contributed by atoms with Crippen LogP contribution in [0.15, 0.2) is 35.1 Å². The summed E-state index contributed by atoms with van der Waals surface area (Å²) in [6, 6.07) is 0. The third kappa shape index (κ3) is 1.75. The summed E-state index contributed by atoms with van der Waals surface area (Å²) in [5.41, 5.74) is 1.17. The van der Waals surface area contributed by atoms with Crippen molar-refractivity contribution in [2.45, 2.75) is 33.3 Å². The van der Waals surface area contributed by atoms with E-state index < -0.39 is 6.10 Å². The monoisotopic (exact) mass is 234 g/mol. The van der Waals surface area contributed by atoms with Crippen molar-refractivity contribution in [3.8, 4) is 0 Å². The smallest absolute Gasteiger partial charge is 0.159 e. The first-order valence-corrected chi connectivity index (χ1v) is 5.88. The van der Waals surface area contributed by atoms with Crippen molar-refractivity contribution in [2.24, 2.45) is 11.3 Å². The lowest BCUT2D eigenvalue weighted by Crippen LogP contribution is -2.40. The second kappa shape index (κ2) is 3.84. The zero-order valence-corrected chi connectivity index (χ0v) is 10.4. The van der Waals surface area contributed by atoms with E-state index in [2.05, 4.69) is 0 Å². The third-order valence-corrected chi connectivity index (χ3v) is 4.22. The van der Waals surface area contributed by atoms with Crippen molar-refractivity contribution in [1.82, 2.24) is 0 Å². The van der Waals surface area contributed by atoms with Crippen LogP contribution in [0.2, 0.25) is 0 Å². The van der Waals surface area contributed by atoms with Gasteiger partial charge in [-0.1, -0.05) is 26.0 Å². The second-order valence-corrected chi connectivity index (χ2v) is 5.25. The molecule has 2 aliphatic rings. The molecule has 0 aromatic carbocycles. The SMILES string of the molecule is CC(=O)C1=C(O)C=C2C=C[C@H](O)[C@H](C)[C@@]2(C)C1. The van der Waals surface area contributed by atoms with Crippen LogP contribution in [0.3, 0.4) is 0 Å². The van der Waals surface area contributed by atoms with Gasteiger partial charge in [0.05, 0.1) is 6.10 Å². The molecule has 92 valence electrons. The summed E-state index contributed by atoms with van der Waals surface area (Å²) in [5.74, 6) is -0.00492. The van der Waals surface area contributed by atoms with Gasteiger partial charge in [0, 0.05) is 11.0 Å². The number of hydrogen-bond acceptors (Lipinski definition) is 3. The molecule has 2 rings (SSSR count). The Kier molecular flexibility index (Phi) is 2.74. The van der Waals surface area contributed by atoms with E-state index in [4.69, 9.17) is 0 Å². The lowest BCUT2D eigenvalue weighted by molar-refractivity contribution is -0.114. The summed E-state index contributed by atoms with van der Waals surface area (Å²) in [6.07, 6.45) is 5.23. The van der Waals surface area contributed by atoms with Gasteiger partial charge in [0.2, 0.25) is 0 Å². The topological polar surface area (TPSA) is 57.5 Å². The average molecular weight is 234 g/mol. The van der Waals surface area contributed by atoms with Gasteiger partial charge in [-0.15, -0.1) is 0 Å². The normalized spacial score (nSPS) is 36.6. The molecule has 0 aromatic heterocycles. The van der Waals surface area contributed by atoms with Crippen LogP contribution in [-0.2, 0) is 4.79 Å². The molecule has 3 heteroatoms. The molecule has 0 fully saturated rings. The number of aliphatic hydroxyl groups excluding tert-OH is 2. The Bertz CT molecular complexity index is 456. The number of ketones is 1. The molecule has 0 unspecified atom stereocenters. The van der Waals surface area contributed by atoms with Gasteiger partial charge in [-0.25, -0.2) is 0 Å². The molecule has 0 saturated carbocycles. The fourth-order valence-electron chi connectivity index (χ4n) is 2.67. The number of allylic oxidation sites excluding steroid dienone is 4. The van der Waals surface area contributed by atoms with Crippen molar-refractivity contribution in [2.75, 3.05) is 0 Å². The second-order valence-electron chi connectivity index (χ2n) is 5.25. The molecule has 3 nitrogen and oxygen atoms in total. The highest BCUT2D eigenvalue weighted by atomic mass is 16.3. The minimum Gasteiger partial charge on any atom is -0.508 e. The van der Waals surface area contributed by atoms with E-state index in [1.165, 1.54) is 6.92 Å². The summed E-state index contributed by atoms with van der Waals surface area (Å²) >= 11 is 0. The Morgan fingerprint density at radius 2 is 2.18 bits per heavy atom. The van der Waals surface area contributed by atoms with E-state index in [1.54, 1.807) is 12.2 Å². The predicted octanol–water partition coefficient (Wildman–Crippen LogP) is 2.29. The predicted molar refractivity (Wildman–Crippen MR) is 65.5 cm³/mol. The maximum absolute atomic E-state index is 11.5. The first-order chi connectivity index (χ1) is 7.86. The minimum atomic E-state index is -0.495. The molecule has 0 aliphatic heterocycles. The van der Waals surface area contributed by atoms with Crippen LogP contribution in [0.4, 0.5) is 0 Å². The Morgan fingerprint density at radius 3 is 2.76 bits per heavy atom. The zero-order chi connectivity index (χ0) is 12.8. The Morgan fingerprint density at radius 1 is 1.53 bits per heavy atom. The van der Waals surface area contributed by atoms with Gasteiger partial charge >= 0.3 is 0 Å². The number of aliphatic hydroxyl groups is 2. The molecule has 0 aromatic rings. The van der Waals surface area contributed by atoms with Gasteiger partial charge in [0.1, 0.15) is 5.76 Å². The van der Waals surface area contributed by atoms with Crippen molar-refractivity contribution in [3.63, 3.8) is 0 Å². The first-order valence-electron chi connectivity index (χ1n) is 5.88. The van der Waals surface area contributed by atoms with Gasteiger partial charge in [-0.2, -0.15) is 0 Å². The molecule has 0 spiro atoms. The minimum absolute atomic E-state index is 0.0289. The molecular formula is C14H18O3. The standard InChI is InChI=1S/C14H18O3/c1-8-12(16)5-4-10-6-13(17)11(9(2)15)7-14(8,10)3/h4-6,8,12,16-17H,7H2,1-3H3/t8-,12-,14+/m0/s1. The van der Waals surface area contributed by atoms with Crippen LogP contribution in [0.5, 0.6) is 0 Å². The number of rotatable bonds is 1. The largest absolute Gasteiger partial charge is 0.508 e. The highest BCUT2D eigenvalue weighted by Crippen LogP contribution is 2.49. The van der Waals surface area contributed by atoms with Gasteiger partial charge in [-0.3, -0.25) is 4.79 Å². The molecule has 2 N–H and O–H groups in total. The lowest BCUT2D eigenvalue weighted by Gasteiger charge is -2.44. The number of carbonyl (C=O) groups is 1. The van der Waals surface area contributed by atoms with Gasteiger partial charge in [0.15, 0.2) is 5.78 Å². The van der Waals surface area contributed by atoms with E-state index in [1.807, 2.05) is 19.9 Å². The Hall–Kier alpha value is -1.35. The maximum Gasteiger partial charge on any atom is 0.159 e. The van der Waals surface area contributed by atoms with Gasteiger partial charge in [0.25, 0.3) is 0 Å². The van der Waals surface area contributed by atoms with Crippen LogP contribution in [0.1, 0.15) is 27.2 Å². The first kappa shape index (κ1) is 12.1. The molecule has 0 bridgehead atoms. The molecule has 0 saturated heterocycles. The van der Waals surface area contributed by atoms with E-state index in [0.29, 0.717) is 12.0 Å². The maximum atomic E-state index is 11.5. The van der Waals surface area contributed by atoms with Crippen LogP contribution in [0.25, 0.3) is 0 Å². The van der Waals surface area contributed by atoms with E-state index in [0.717, 1.165) is 5.57 Å². The third-order valence-electron chi connectivity index (χ3n) is 4.22. The zero-order valence-electron chi connectivity index (χ0n) is 10.4. The summed E-state index contributed by atoms with van der Waals surface area (Å²) in [4.78, 5) is 11.5. The number of carbonyl (C=O) groups excluding carboxylic acids is 1. The van der Waals surface area contributed by atoms with Gasteiger partial charge in [-0.05, 0) is 30.9 Å². The summed E-state index contributed by atoms with van der Waals surface area (Å²) in [5, 5.41) is 19.7. The van der Waals surface area contributed by atoms with Crippen molar-refractivity contribution < 1.29 is 15.0 Å². The lowest BCUT2D eigenvalue weighted by atomic mass is 9.61. The molecule has 0 amide bonds. The molecule has 17 heavy (non-hydrogen) atoms. The van der Waals surface area contributed by atoms with Crippen LogP contribution >= 0.6 is 0 Å². The number of Topliss-reactive ketones (excluding diaryl/α,β-unsaturated/α-hetero) is 1. The molecule has 3 atom stereocenters. The Labute approximate surface area is 101 Å². The highest BCUT2D eigenvalue weighted by Gasteiger charge is 2.43. The highest BCUT2D eigenvalue weighted by molar-refractivity contribution is 5.94. The Balaban J connectivity index is 2.51. The van der Waals surface area contributed by atoms with Crippen LogP contribution < -0.4 is 0 Å². The fourth-order valence-corrected chi connectivity index (χ4v) is 2.67. The fraction of sp³-hybridized carbons (Fsp3) is 0.500. The van der Waals surface area contributed by atoms with Crippen molar-refractivity contribution in [3.05, 3.63) is 35.1 Å².